The molecule has 0 spiro atoms. The molecule has 36 heavy (non-hydrogen) atoms. The fraction of sp³-hybridized carbons (Fsp3) is 0.462. The summed E-state index contributed by atoms with van der Waals surface area (Å²) >= 11 is 3.47. The summed E-state index contributed by atoms with van der Waals surface area (Å²) < 4.78 is 39.5. The topological polar surface area (TPSA) is 81.7 Å². The van der Waals surface area contributed by atoms with Crippen molar-refractivity contribution >= 4 is 27.7 Å². The fourth-order valence-corrected chi connectivity index (χ4v) is 5.53. The van der Waals surface area contributed by atoms with Gasteiger partial charge in [-0.05, 0) is 68.0 Å². The van der Waals surface area contributed by atoms with Crippen molar-refractivity contribution in [2.24, 2.45) is 0 Å². The Balaban J connectivity index is 1.22. The minimum absolute atomic E-state index is 0.0613. The van der Waals surface area contributed by atoms with Crippen molar-refractivity contribution in [3.63, 3.8) is 0 Å². The molecule has 3 N–H and O–H groups in total. The van der Waals surface area contributed by atoms with Crippen LogP contribution in [0.4, 0.5) is 13.2 Å². The number of alkyl halides is 3. The summed E-state index contributed by atoms with van der Waals surface area (Å²) in [7, 11) is 0. The molecule has 0 bridgehead atoms. The summed E-state index contributed by atoms with van der Waals surface area (Å²) in [6.45, 7) is 1.21. The van der Waals surface area contributed by atoms with Crippen LogP contribution in [0, 0.1) is 0 Å². The van der Waals surface area contributed by atoms with Crippen molar-refractivity contribution in [1.82, 2.24) is 15.5 Å². The van der Waals surface area contributed by atoms with Crippen molar-refractivity contribution in [3.05, 3.63) is 69.7 Å². The monoisotopic (exact) mass is 567 g/mol. The standard InChI is InChI=1S/C26H29BrF3N3O3/c27-20-6-2-4-18(14-20)25(36)10-7-22(8-11-25)33-12-9-21(16-33)32-23(34)15-31-24(35)17-3-1-5-19(13-17)26(28,29)30/h1-6,13-14,21-22,36H,7-12,15-16H2,(H,31,35)(H,32,34)/t21-,22?,25?/m1/s1. The van der Waals surface area contributed by atoms with Gasteiger partial charge in [0.2, 0.25) is 5.91 Å². The van der Waals surface area contributed by atoms with Gasteiger partial charge in [-0.25, -0.2) is 0 Å². The van der Waals surface area contributed by atoms with E-state index in [-0.39, 0.29) is 24.1 Å². The summed E-state index contributed by atoms with van der Waals surface area (Å²) in [5.41, 5.74) is -0.965. The summed E-state index contributed by atoms with van der Waals surface area (Å²) in [6.07, 6.45) is -0.711. The van der Waals surface area contributed by atoms with E-state index in [1.807, 2.05) is 24.3 Å². The van der Waals surface area contributed by atoms with Gasteiger partial charge in [0.05, 0.1) is 17.7 Å². The van der Waals surface area contributed by atoms with Gasteiger partial charge in [-0.3, -0.25) is 14.5 Å². The Labute approximate surface area is 216 Å². The first-order valence-corrected chi connectivity index (χ1v) is 12.8. The maximum Gasteiger partial charge on any atom is 0.416 e. The first-order valence-electron chi connectivity index (χ1n) is 12.0. The van der Waals surface area contributed by atoms with Gasteiger partial charge in [0, 0.05) is 35.2 Å². The number of hydrogen-bond acceptors (Lipinski definition) is 4. The van der Waals surface area contributed by atoms with E-state index in [0.29, 0.717) is 25.4 Å². The third kappa shape index (κ3) is 6.46. The minimum atomic E-state index is -4.54. The van der Waals surface area contributed by atoms with Crippen LogP contribution in [0.25, 0.3) is 0 Å². The number of carbonyl (C=O) groups excluding carboxylic acids is 2. The van der Waals surface area contributed by atoms with E-state index >= 15 is 0 Å². The summed E-state index contributed by atoms with van der Waals surface area (Å²) in [5.74, 6) is -1.11. The van der Waals surface area contributed by atoms with E-state index in [9.17, 15) is 27.9 Å². The molecule has 0 radical (unpaired) electrons. The van der Waals surface area contributed by atoms with Gasteiger partial charge in [-0.1, -0.05) is 34.1 Å². The van der Waals surface area contributed by atoms with Crippen LogP contribution in [0.1, 0.15) is 53.6 Å². The fourth-order valence-electron chi connectivity index (χ4n) is 5.13. The maximum atomic E-state index is 12.9. The van der Waals surface area contributed by atoms with Crippen LogP contribution in [0.2, 0.25) is 0 Å². The van der Waals surface area contributed by atoms with E-state index in [1.165, 1.54) is 6.07 Å². The molecule has 2 fully saturated rings. The molecule has 1 heterocycles. The van der Waals surface area contributed by atoms with E-state index in [4.69, 9.17) is 0 Å². The molecule has 1 saturated heterocycles. The molecule has 2 aliphatic rings. The number of nitrogens with zero attached hydrogens (tertiary/aromatic N) is 1. The van der Waals surface area contributed by atoms with E-state index in [2.05, 4.69) is 31.5 Å². The normalized spacial score (nSPS) is 24.9. The van der Waals surface area contributed by atoms with Crippen molar-refractivity contribution in [2.75, 3.05) is 19.6 Å². The molecule has 4 rings (SSSR count). The average molecular weight is 568 g/mol. The lowest BCUT2D eigenvalue weighted by molar-refractivity contribution is -0.137. The van der Waals surface area contributed by atoms with Crippen LogP contribution in [-0.4, -0.2) is 53.5 Å². The molecular formula is C26H29BrF3N3O3. The van der Waals surface area contributed by atoms with Crippen LogP contribution in [-0.2, 0) is 16.6 Å². The van der Waals surface area contributed by atoms with Gasteiger partial charge >= 0.3 is 6.18 Å². The van der Waals surface area contributed by atoms with Gasteiger partial charge in [0.15, 0.2) is 0 Å². The molecule has 2 aromatic carbocycles. The molecule has 2 amide bonds. The first-order chi connectivity index (χ1) is 17.0. The van der Waals surface area contributed by atoms with Gasteiger partial charge < -0.3 is 15.7 Å². The zero-order valence-electron chi connectivity index (χ0n) is 19.7. The van der Waals surface area contributed by atoms with Crippen molar-refractivity contribution in [3.8, 4) is 0 Å². The number of amides is 2. The van der Waals surface area contributed by atoms with Crippen LogP contribution in [0.5, 0.6) is 0 Å². The Morgan fingerprint density at radius 3 is 2.50 bits per heavy atom. The Hall–Kier alpha value is -2.43. The Kier molecular flexibility index (Phi) is 8.06. The third-order valence-electron chi connectivity index (χ3n) is 7.11. The van der Waals surface area contributed by atoms with E-state index in [1.54, 1.807) is 0 Å². The third-order valence-corrected chi connectivity index (χ3v) is 7.60. The highest BCUT2D eigenvalue weighted by Gasteiger charge is 2.38. The summed E-state index contributed by atoms with van der Waals surface area (Å²) in [6, 6.07) is 12.2. The molecule has 1 aliphatic heterocycles. The highest BCUT2D eigenvalue weighted by Crippen LogP contribution is 2.40. The molecule has 2 aromatic rings. The number of nitrogens with one attached hydrogen (secondary N) is 2. The smallest absolute Gasteiger partial charge is 0.385 e. The summed E-state index contributed by atoms with van der Waals surface area (Å²) in [5, 5.41) is 16.5. The highest BCUT2D eigenvalue weighted by atomic mass is 79.9. The molecule has 1 aliphatic carbocycles. The van der Waals surface area contributed by atoms with E-state index < -0.39 is 23.2 Å². The lowest BCUT2D eigenvalue weighted by atomic mass is 9.77. The molecule has 6 nitrogen and oxygen atoms in total. The van der Waals surface area contributed by atoms with Crippen molar-refractivity contribution in [1.29, 1.82) is 0 Å². The molecular weight excluding hydrogens is 539 g/mol. The second-order valence-electron chi connectivity index (χ2n) is 9.58. The number of likely N-dealkylation sites (tertiary alicyclic amines) is 1. The lowest BCUT2D eigenvalue weighted by Crippen LogP contribution is -2.45. The SMILES string of the molecule is O=C(CNC(=O)c1cccc(C(F)(F)F)c1)N[C@@H]1CCN(C2CCC(O)(c3cccc(Br)c3)CC2)C1. The van der Waals surface area contributed by atoms with Crippen LogP contribution < -0.4 is 10.6 Å². The quantitative estimate of drug-likeness (QED) is 0.488. The largest absolute Gasteiger partial charge is 0.416 e. The Morgan fingerprint density at radius 2 is 1.81 bits per heavy atom. The maximum absolute atomic E-state index is 12.9. The lowest BCUT2D eigenvalue weighted by Gasteiger charge is -2.40. The second-order valence-corrected chi connectivity index (χ2v) is 10.5. The second kappa shape index (κ2) is 10.9. The predicted molar refractivity (Wildman–Crippen MR) is 132 cm³/mol. The average Bonchev–Trinajstić information content (AvgIpc) is 3.31. The van der Waals surface area contributed by atoms with Crippen molar-refractivity contribution in [2.45, 2.75) is 56.0 Å². The Morgan fingerprint density at radius 1 is 1.08 bits per heavy atom. The molecule has 0 aromatic heterocycles. The van der Waals surface area contributed by atoms with E-state index in [0.717, 1.165) is 54.0 Å². The Bertz CT molecular complexity index is 1100. The molecule has 10 heteroatoms. The number of benzene rings is 2. The number of halogens is 4. The van der Waals surface area contributed by atoms with Gasteiger partial charge in [-0.15, -0.1) is 0 Å². The van der Waals surface area contributed by atoms with Crippen LogP contribution >= 0.6 is 15.9 Å². The molecule has 0 unspecified atom stereocenters. The number of rotatable bonds is 6. The number of hydrogen-bond donors (Lipinski definition) is 3. The van der Waals surface area contributed by atoms with Gasteiger partial charge in [0.1, 0.15) is 0 Å². The minimum Gasteiger partial charge on any atom is -0.385 e. The number of carbonyl (C=O) groups is 2. The van der Waals surface area contributed by atoms with Crippen molar-refractivity contribution < 1.29 is 27.9 Å². The highest BCUT2D eigenvalue weighted by molar-refractivity contribution is 9.10. The van der Waals surface area contributed by atoms with Crippen LogP contribution in [0.3, 0.4) is 0 Å². The van der Waals surface area contributed by atoms with Crippen LogP contribution in [0.15, 0.2) is 53.0 Å². The molecule has 1 saturated carbocycles. The number of aliphatic hydroxyl groups is 1. The predicted octanol–water partition coefficient (Wildman–Crippen LogP) is 4.22. The first kappa shape index (κ1) is 26.6. The van der Waals surface area contributed by atoms with Gasteiger partial charge in [0.25, 0.3) is 5.91 Å². The molecule has 1 atom stereocenters. The molecule has 194 valence electrons. The summed E-state index contributed by atoms with van der Waals surface area (Å²) in [4.78, 5) is 26.9. The van der Waals surface area contributed by atoms with Gasteiger partial charge in [-0.2, -0.15) is 13.2 Å². The zero-order valence-corrected chi connectivity index (χ0v) is 21.2. The zero-order chi connectivity index (χ0) is 25.9.